The Morgan fingerprint density at radius 3 is 1.45 bits per heavy atom. The fourth-order valence-corrected chi connectivity index (χ4v) is 6.39. The minimum Gasteiger partial charge on any atom is -0.544 e. The predicted molar refractivity (Wildman–Crippen MR) is 217 cm³/mol. The fraction of sp³-hybridized carbons (Fsp3) is 0.844. The van der Waals surface area contributed by atoms with Crippen molar-refractivity contribution in [1.29, 1.82) is 0 Å². The molecule has 2 atom stereocenters. The molecule has 0 saturated carbocycles. The lowest BCUT2D eigenvalue weighted by Gasteiger charge is -2.34. The summed E-state index contributed by atoms with van der Waals surface area (Å²) < 4.78 is 17.1. The van der Waals surface area contributed by atoms with E-state index in [9.17, 15) is 19.5 Å². The molecule has 0 fully saturated rings. The smallest absolute Gasteiger partial charge is 0.306 e. The molecule has 8 heteroatoms. The minimum absolute atomic E-state index is 0.0409. The van der Waals surface area contributed by atoms with Gasteiger partial charge in [0.1, 0.15) is 12.6 Å². The maximum absolute atomic E-state index is 12.6. The van der Waals surface area contributed by atoms with E-state index in [0.717, 1.165) is 51.4 Å². The minimum atomic E-state index is -1.13. The van der Waals surface area contributed by atoms with Crippen molar-refractivity contribution in [3.63, 3.8) is 0 Å². The van der Waals surface area contributed by atoms with Crippen LogP contribution in [0.4, 0.5) is 0 Å². The average molecular weight is 750 g/mol. The van der Waals surface area contributed by atoms with E-state index in [-0.39, 0.29) is 42.7 Å². The number of esters is 2. The molecule has 0 aliphatic carbocycles. The summed E-state index contributed by atoms with van der Waals surface area (Å²) in [5.74, 6) is -1.75. The lowest BCUT2D eigenvalue weighted by molar-refractivity contribution is -0.889. The zero-order chi connectivity index (χ0) is 39.3. The monoisotopic (exact) mass is 750 g/mol. The third kappa shape index (κ3) is 35.3. The fourth-order valence-electron chi connectivity index (χ4n) is 6.39. The third-order valence-corrected chi connectivity index (χ3v) is 9.84. The van der Waals surface area contributed by atoms with Crippen molar-refractivity contribution in [2.75, 3.05) is 41.0 Å². The van der Waals surface area contributed by atoms with Crippen molar-refractivity contribution in [3.05, 3.63) is 24.3 Å². The second-order valence-electron chi connectivity index (χ2n) is 15.9. The van der Waals surface area contributed by atoms with Crippen molar-refractivity contribution in [1.82, 2.24) is 0 Å². The zero-order valence-electron chi connectivity index (χ0n) is 35.2. The van der Waals surface area contributed by atoms with Crippen molar-refractivity contribution >= 4 is 17.9 Å². The van der Waals surface area contributed by atoms with Crippen LogP contribution < -0.4 is 5.11 Å². The number of hydrogen-bond acceptors (Lipinski definition) is 7. The number of ether oxygens (including phenoxy) is 3. The first kappa shape index (κ1) is 50.8. The van der Waals surface area contributed by atoms with Gasteiger partial charge in [0, 0.05) is 19.3 Å². The molecule has 0 saturated heterocycles. The number of quaternary nitrogens is 1. The Hall–Kier alpha value is -2.19. The summed E-state index contributed by atoms with van der Waals surface area (Å²) in [5.41, 5.74) is 0. The molecular weight excluding hydrogens is 666 g/mol. The number of nitrogens with zero attached hydrogens (tertiary/aromatic N) is 1. The molecule has 0 spiro atoms. The normalized spacial score (nSPS) is 13.2. The van der Waals surface area contributed by atoms with Crippen LogP contribution in [0, 0.1) is 0 Å². The van der Waals surface area contributed by atoms with Crippen LogP contribution in [0.3, 0.4) is 0 Å². The third-order valence-electron chi connectivity index (χ3n) is 9.84. The number of hydrogen-bond donors (Lipinski definition) is 0. The molecule has 0 bridgehead atoms. The van der Waals surface area contributed by atoms with Gasteiger partial charge >= 0.3 is 11.9 Å². The number of allylic oxidation sites excluding steroid dienone is 4. The van der Waals surface area contributed by atoms with Gasteiger partial charge in [-0.3, -0.25) is 9.59 Å². The summed E-state index contributed by atoms with van der Waals surface area (Å²) in [6, 6.07) is -0.722. The predicted octanol–water partition coefficient (Wildman–Crippen LogP) is 10.4. The standard InChI is InChI=1S/C45H83NO7/c1-6-8-10-12-14-15-16-17-18-19-20-21-22-23-24-25-26-27-28-30-31-33-35-43(47)52-40-41(39-51-38-37-42(45(49)50)46(3,4)5)53-44(48)36-34-32-29-13-11-9-7-2/h19-20,22-23,41-42H,6-18,21,24-40H2,1-5H3/b20-19+,23-22+. The first-order valence-electron chi connectivity index (χ1n) is 21.9. The molecule has 0 radical (unpaired) electrons. The van der Waals surface area contributed by atoms with E-state index in [1.54, 1.807) is 21.1 Å². The number of carbonyl (C=O) groups excluding carboxylic acids is 3. The Morgan fingerprint density at radius 2 is 1.00 bits per heavy atom. The number of carboxylic acids is 1. The van der Waals surface area contributed by atoms with E-state index in [4.69, 9.17) is 14.2 Å². The van der Waals surface area contributed by atoms with Crippen LogP contribution in [0.15, 0.2) is 24.3 Å². The number of carbonyl (C=O) groups is 3. The summed E-state index contributed by atoms with van der Waals surface area (Å²) in [6.45, 7) is 4.61. The van der Waals surface area contributed by atoms with Gasteiger partial charge < -0.3 is 28.6 Å². The first-order chi connectivity index (χ1) is 25.6. The van der Waals surface area contributed by atoms with Gasteiger partial charge in [-0.2, -0.15) is 0 Å². The van der Waals surface area contributed by atoms with Gasteiger partial charge in [0.15, 0.2) is 6.10 Å². The second-order valence-corrected chi connectivity index (χ2v) is 15.9. The van der Waals surface area contributed by atoms with Gasteiger partial charge in [0.25, 0.3) is 0 Å². The van der Waals surface area contributed by atoms with E-state index < -0.39 is 18.1 Å². The molecule has 2 unspecified atom stereocenters. The molecule has 8 nitrogen and oxygen atoms in total. The van der Waals surface area contributed by atoms with Gasteiger partial charge in [-0.05, 0) is 44.9 Å². The lowest BCUT2D eigenvalue weighted by Crippen LogP contribution is -2.55. The molecule has 0 rings (SSSR count). The summed E-state index contributed by atoms with van der Waals surface area (Å²) in [5, 5.41) is 11.6. The maximum atomic E-state index is 12.6. The van der Waals surface area contributed by atoms with Crippen LogP contribution in [0.2, 0.25) is 0 Å². The highest BCUT2D eigenvalue weighted by atomic mass is 16.6. The molecule has 310 valence electrons. The van der Waals surface area contributed by atoms with Crippen molar-refractivity contribution in [2.24, 2.45) is 0 Å². The van der Waals surface area contributed by atoms with Crippen LogP contribution in [0.1, 0.15) is 194 Å². The average Bonchev–Trinajstić information content (AvgIpc) is 3.11. The van der Waals surface area contributed by atoms with Crippen molar-refractivity contribution in [3.8, 4) is 0 Å². The van der Waals surface area contributed by atoms with E-state index in [1.807, 2.05) is 0 Å². The molecule has 0 amide bonds. The molecule has 0 aliphatic rings. The Balaban J connectivity index is 4.15. The number of carboxylic acid groups (broad SMARTS) is 1. The molecular formula is C45H83NO7. The number of unbranched alkanes of at least 4 members (excludes halogenated alkanes) is 21. The topological polar surface area (TPSA) is 102 Å². The van der Waals surface area contributed by atoms with Gasteiger partial charge in [-0.15, -0.1) is 0 Å². The first-order valence-corrected chi connectivity index (χ1v) is 21.9. The Morgan fingerprint density at radius 1 is 0.566 bits per heavy atom. The SMILES string of the molecule is CCCCCCCCCC/C=C/C/C=C/CCCCCCCCCC(=O)OCC(COCCC(C(=O)[O-])[N+](C)(C)C)OC(=O)CCCCCCCCC. The van der Waals surface area contributed by atoms with Crippen molar-refractivity contribution < 1.29 is 38.2 Å². The van der Waals surface area contributed by atoms with Crippen LogP contribution in [-0.4, -0.2) is 75.5 Å². The van der Waals surface area contributed by atoms with Gasteiger partial charge in [0.05, 0.1) is 40.3 Å². The van der Waals surface area contributed by atoms with Gasteiger partial charge in [-0.25, -0.2) is 0 Å². The second kappa shape index (κ2) is 36.8. The summed E-state index contributed by atoms with van der Waals surface area (Å²) in [6.07, 6.45) is 39.4. The van der Waals surface area contributed by atoms with E-state index in [2.05, 4.69) is 38.2 Å². The Bertz CT molecular complexity index is 926. The highest BCUT2D eigenvalue weighted by molar-refractivity contribution is 5.70. The Kier molecular flexibility index (Phi) is 35.2. The van der Waals surface area contributed by atoms with Crippen LogP contribution in [0.25, 0.3) is 0 Å². The molecule has 0 N–H and O–H groups in total. The van der Waals surface area contributed by atoms with Crippen LogP contribution in [-0.2, 0) is 28.6 Å². The Labute approximate surface area is 326 Å². The molecule has 0 heterocycles. The number of aliphatic carboxylic acids is 1. The zero-order valence-corrected chi connectivity index (χ0v) is 35.2. The van der Waals surface area contributed by atoms with E-state index in [1.165, 1.54) is 109 Å². The highest BCUT2D eigenvalue weighted by Gasteiger charge is 2.25. The van der Waals surface area contributed by atoms with Crippen molar-refractivity contribution in [2.45, 2.75) is 206 Å². The van der Waals surface area contributed by atoms with Crippen LogP contribution >= 0.6 is 0 Å². The molecule has 0 aromatic carbocycles. The molecule has 0 aromatic heterocycles. The molecule has 53 heavy (non-hydrogen) atoms. The van der Waals surface area contributed by atoms with E-state index >= 15 is 0 Å². The largest absolute Gasteiger partial charge is 0.544 e. The van der Waals surface area contributed by atoms with Gasteiger partial charge in [-0.1, -0.05) is 154 Å². The summed E-state index contributed by atoms with van der Waals surface area (Å²) >= 11 is 0. The number of likely N-dealkylation sites (N-methyl/N-ethyl adjacent to an activating group) is 1. The van der Waals surface area contributed by atoms with E-state index in [0.29, 0.717) is 12.8 Å². The molecule has 0 aromatic rings. The maximum Gasteiger partial charge on any atom is 0.306 e. The lowest BCUT2D eigenvalue weighted by atomic mass is 10.1. The molecule has 0 aliphatic heterocycles. The van der Waals surface area contributed by atoms with Crippen LogP contribution in [0.5, 0.6) is 0 Å². The number of rotatable bonds is 39. The van der Waals surface area contributed by atoms with Gasteiger partial charge in [0.2, 0.25) is 0 Å². The summed E-state index contributed by atoms with van der Waals surface area (Å²) in [4.78, 5) is 36.6. The summed E-state index contributed by atoms with van der Waals surface area (Å²) in [7, 11) is 5.40. The quantitative estimate of drug-likeness (QED) is 0.0267. The highest BCUT2D eigenvalue weighted by Crippen LogP contribution is 2.14.